The highest BCUT2D eigenvalue weighted by atomic mass is 32.2. The first kappa shape index (κ1) is 19.6. The average Bonchev–Trinajstić information content (AvgIpc) is 3.25. The van der Waals surface area contributed by atoms with Gasteiger partial charge in [-0.1, -0.05) is 6.07 Å². The second-order valence-corrected chi connectivity index (χ2v) is 10.2. The van der Waals surface area contributed by atoms with Gasteiger partial charge in [-0.3, -0.25) is 4.99 Å². The van der Waals surface area contributed by atoms with Crippen LogP contribution in [0.5, 0.6) is 0 Å². The van der Waals surface area contributed by atoms with E-state index in [2.05, 4.69) is 15.6 Å². The van der Waals surface area contributed by atoms with Crippen LogP contribution in [0, 0.1) is 0 Å². The third-order valence-corrected chi connectivity index (χ3v) is 8.31. The average molecular weight is 391 g/mol. The second kappa shape index (κ2) is 9.65. The summed E-state index contributed by atoms with van der Waals surface area (Å²) in [5.74, 6) is 1.99. The summed E-state index contributed by atoms with van der Waals surface area (Å²) in [4.78, 5) is 4.61. The number of likely N-dealkylation sites (N-methyl/N-ethyl adjacent to an activating group) is 1. The van der Waals surface area contributed by atoms with Crippen LogP contribution < -0.4 is 10.6 Å². The first-order valence-corrected chi connectivity index (χ1v) is 11.5. The van der Waals surface area contributed by atoms with E-state index in [1.165, 1.54) is 34.2 Å². The van der Waals surface area contributed by atoms with Crippen molar-refractivity contribution in [2.75, 3.05) is 39.0 Å². The Bertz CT molecular complexity index is 611. The summed E-state index contributed by atoms with van der Waals surface area (Å²) in [6, 6.07) is 3.38. The smallest absolute Gasteiger partial charge is 0.252 e. The van der Waals surface area contributed by atoms with Gasteiger partial charge < -0.3 is 10.6 Å². The minimum absolute atomic E-state index is 0.379. The molecule has 1 aromatic rings. The number of thiophene rings is 1. The second-order valence-electron chi connectivity index (χ2n) is 5.54. The molecule has 24 heavy (non-hydrogen) atoms. The van der Waals surface area contributed by atoms with Crippen molar-refractivity contribution in [3.8, 4) is 0 Å². The van der Waals surface area contributed by atoms with Gasteiger partial charge in [-0.05, 0) is 37.0 Å². The van der Waals surface area contributed by atoms with Crippen molar-refractivity contribution >= 4 is 39.1 Å². The Hall–Kier alpha value is -0.770. The van der Waals surface area contributed by atoms with Crippen LogP contribution >= 0.6 is 23.1 Å². The fourth-order valence-corrected chi connectivity index (χ4v) is 5.89. The Morgan fingerprint density at radius 3 is 2.92 bits per heavy atom. The maximum Gasteiger partial charge on any atom is 0.252 e. The Labute approximate surface area is 153 Å². The zero-order valence-electron chi connectivity index (χ0n) is 14.2. The monoisotopic (exact) mass is 390 g/mol. The first-order chi connectivity index (χ1) is 11.5. The van der Waals surface area contributed by atoms with Crippen molar-refractivity contribution in [2.24, 2.45) is 4.99 Å². The van der Waals surface area contributed by atoms with Crippen LogP contribution in [-0.2, 0) is 10.0 Å². The molecule has 136 valence electrons. The van der Waals surface area contributed by atoms with Gasteiger partial charge in [-0.15, -0.1) is 11.3 Å². The van der Waals surface area contributed by atoms with Gasteiger partial charge in [0, 0.05) is 31.9 Å². The molecule has 1 aliphatic rings. The standard InChI is InChI=1S/C15H26N4O2S3/c1-3-16-15(18-12-13-6-4-10-22-13)17-8-9-19(2)24(20,21)14-7-5-11-23-14/h5,7,11,13H,3-4,6,8-10,12H2,1-2H3,(H2,16,17,18). The Morgan fingerprint density at radius 1 is 1.46 bits per heavy atom. The molecular weight excluding hydrogens is 364 g/mol. The summed E-state index contributed by atoms with van der Waals surface area (Å²) in [7, 11) is -1.78. The highest BCUT2D eigenvalue weighted by Gasteiger charge is 2.21. The SMILES string of the molecule is CCNC(=NCC1CCCS1)NCCN(C)S(=O)(=O)c1cccs1. The summed E-state index contributed by atoms with van der Waals surface area (Å²) >= 11 is 3.22. The number of sulfonamides is 1. The van der Waals surface area contributed by atoms with Gasteiger partial charge in [0.2, 0.25) is 0 Å². The zero-order chi connectivity index (χ0) is 17.4. The molecule has 0 amide bonds. The van der Waals surface area contributed by atoms with Crippen LogP contribution in [-0.4, -0.2) is 62.9 Å². The molecule has 0 spiro atoms. The maximum atomic E-state index is 12.4. The number of nitrogens with one attached hydrogen (secondary N) is 2. The minimum atomic E-state index is -3.38. The molecule has 0 saturated carbocycles. The van der Waals surface area contributed by atoms with Gasteiger partial charge in [0.1, 0.15) is 4.21 Å². The van der Waals surface area contributed by atoms with Crippen LogP contribution in [0.3, 0.4) is 0 Å². The van der Waals surface area contributed by atoms with E-state index in [9.17, 15) is 8.42 Å². The van der Waals surface area contributed by atoms with E-state index in [0.29, 0.717) is 22.5 Å². The molecule has 1 fully saturated rings. The van der Waals surface area contributed by atoms with E-state index in [4.69, 9.17) is 0 Å². The van der Waals surface area contributed by atoms with Crippen molar-refractivity contribution in [1.29, 1.82) is 0 Å². The lowest BCUT2D eigenvalue weighted by molar-refractivity contribution is 0.471. The number of rotatable bonds is 8. The van der Waals surface area contributed by atoms with Crippen molar-refractivity contribution in [2.45, 2.75) is 29.2 Å². The molecule has 1 aromatic heterocycles. The van der Waals surface area contributed by atoms with Crippen LogP contribution in [0.2, 0.25) is 0 Å². The van der Waals surface area contributed by atoms with E-state index in [-0.39, 0.29) is 0 Å². The van der Waals surface area contributed by atoms with Gasteiger partial charge in [0.05, 0.1) is 6.54 Å². The van der Waals surface area contributed by atoms with E-state index >= 15 is 0 Å². The van der Waals surface area contributed by atoms with Crippen molar-refractivity contribution in [3.05, 3.63) is 17.5 Å². The number of guanidine groups is 1. The van der Waals surface area contributed by atoms with Crippen molar-refractivity contribution in [1.82, 2.24) is 14.9 Å². The largest absolute Gasteiger partial charge is 0.357 e. The lowest BCUT2D eigenvalue weighted by atomic mass is 10.2. The number of hydrogen-bond donors (Lipinski definition) is 2. The molecule has 2 heterocycles. The fourth-order valence-electron chi connectivity index (χ4n) is 2.34. The number of hydrogen-bond acceptors (Lipinski definition) is 5. The molecule has 9 heteroatoms. The summed E-state index contributed by atoms with van der Waals surface area (Å²) in [5, 5.41) is 8.82. The van der Waals surface area contributed by atoms with E-state index in [1.807, 2.05) is 18.7 Å². The molecule has 1 atom stereocenters. The van der Waals surface area contributed by atoms with Crippen molar-refractivity contribution < 1.29 is 8.42 Å². The highest BCUT2D eigenvalue weighted by molar-refractivity contribution is 8.00. The van der Waals surface area contributed by atoms with Gasteiger partial charge in [0.25, 0.3) is 10.0 Å². The summed E-state index contributed by atoms with van der Waals surface area (Å²) in [6.45, 7) is 4.53. The molecule has 1 aliphatic heterocycles. The van der Waals surface area contributed by atoms with Crippen molar-refractivity contribution in [3.63, 3.8) is 0 Å². The minimum Gasteiger partial charge on any atom is -0.357 e. The summed E-state index contributed by atoms with van der Waals surface area (Å²) in [5.41, 5.74) is 0. The highest BCUT2D eigenvalue weighted by Crippen LogP contribution is 2.26. The van der Waals surface area contributed by atoms with E-state index in [1.54, 1.807) is 24.6 Å². The van der Waals surface area contributed by atoms with E-state index < -0.39 is 10.0 Å². The molecule has 0 radical (unpaired) electrons. The Balaban J connectivity index is 1.82. The topological polar surface area (TPSA) is 73.8 Å². The van der Waals surface area contributed by atoms with Crippen LogP contribution in [0.4, 0.5) is 0 Å². The molecule has 2 rings (SSSR count). The third kappa shape index (κ3) is 5.65. The molecule has 0 aromatic carbocycles. The summed E-state index contributed by atoms with van der Waals surface area (Å²) in [6.07, 6.45) is 2.51. The molecule has 1 unspecified atom stereocenters. The van der Waals surface area contributed by atoms with E-state index in [0.717, 1.165) is 19.0 Å². The lowest BCUT2D eigenvalue weighted by Gasteiger charge is -2.18. The normalized spacial score (nSPS) is 19.0. The number of nitrogens with zero attached hydrogens (tertiary/aromatic N) is 2. The molecule has 6 nitrogen and oxygen atoms in total. The van der Waals surface area contributed by atoms with Gasteiger partial charge in [0.15, 0.2) is 5.96 Å². The molecule has 2 N–H and O–H groups in total. The van der Waals surface area contributed by atoms with Gasteiger partial charge >= 0.3 is 0 Å². The predicted molar refractivity (Wildman–Crippen MR) is 104 cm³/mol. The lowest BCUT2D eigenvalue weighted by Crippen LogP contribution is -2.42. The van der Waals surface area contributed by atoms with Gasteiger partial charge in [-0.25, -0.2) is 8.42 Å². The maximum absolute atomic E-state index is 12.4. The summed E-state index contributed by atoms with van der Waals surface area (Å²) < 4.78 is 26.5. The number of thioether (sulfide) groups is 1. The zero-order valence-corrected chi connectivity index (χ0v) is 16.6. The molecule has 0 bridgehead atoms. The first-order valence-electron chi connectivity index (χ1n) is 8.17. The van der Waals surface area contributed by atoms with Crippen LogP contribution in [0.15, 0.2) is 26.7 Å². The van der Waals surface area contributed by atoms with Gasteiger partial charge in [-0.2, -0.15) is 16.1 Å². The van der Waals surface area contributed by atoms with Crippen LogP contribution in [0.25, 0.3) is 0 Å². The third-order valence-electron chi connectivity index (χ3n) is 3.70. The number of aliphatic imine (C=N–C) groups is 1. The molecule has 1 saturated heterocycles. The molecule has 0 aliphatic carbocycles. The fraction of sp³-hybridized carbons (Fsp3) is 0.667. The predicted octanol–water partition coefficient (Wildman–Crippen LogP) is 1.82. The Kier molecular flexibility index (Phi) is 7.86. The quantitative estimate of drug-likeness (QED) is 0.523. The Morgan fingerprint density at radius 2 is 2.29 bits per heavy atom. The van der Waals surface area contributed by atoms with Crippen LogP contribution in [0.1, 0.15) is 19.8 Å². The molecular formula is C15H26N4O2S3.